The number of ether oxygens (including phenoxy) is 1. The third-order valence-electron chi connectivity index (χ3n) is 5.86. The van der Waals surface area contributed by atoms with Crippen LogP contribution in [0.4, 0.5) is 0 Å². The number of aliphatic imine (C=N–C) groups is 1. The largest absolute Gasteiger partial charge is 0.466 e. The number of amides is 1. The van der Waals surface area contributed by atoms with Crippen molar-refractivity contribution in [2.24, 2.45) is 22.4 Å². The van der Waals surface area contributed by atoms with Crippen LogP contribution >= 0.6 is 0 Å². The van der Waals surface area contributed by atoms with Crippen LogP contribution in [0.25, 0.3) is 0 Å². The zero-order chi connectivity index (χ0) is 26.4. The predicted octanol–water partition coefficient (Wildman–Crippen LogP) is 2.57. The molecule has 0 spiro atoms. The number of nitrogens with one attached hydrogen (secondary N) is 1. The molecule has 36 heavy (non-hydrogen) atoms. The van der Waals surface area contributed by atoms with Gasteiger partial charge in [-0.2, -0.15) is 0 Å². The summed E-state index contributed by atoms with van der Waals surface area (Å²) < 4.78 is 4.88. The molecule has 0 fully saturated rings. The lowest BCUT2D eigenvalue weighted by Gasteiger charge is -2.30. The lowest BCUT2D eigenvalue weighted by Crippen LogP contribution is -2.57. The van der Waals surface area contributed by atoms with Crippen molar-refractivity contribution in [1.29, 1.82) is 0 Å². The van der Waals surface area contributed by atoms with Crippen molar-refractivity contribution in [2.75, 3.05) is 13.7 Å². The summed E-state index contributed by atoms with van der Waals surface area (Å²) in [6.07, 6.45) is 3.36. The predicted molar refractivity (Wildman–Crippen MR) is 137 cm³/mol. The molecule has 2 atom stereocenters. The number of nitrogens with two attached hydrogens (primary N) is 2. The Morgan fingerprint density at radius 3 is 2.19 bits per heavy atom. The van der Waals surface area contributed by atoms with E-state index in [1.165, 1.54) is 5.56 Å². The number of hydrogen-bond acceptors (Lipinski definition) is 6. The number of hydrogen-bond donors (Lipinski definition) is 3. The molecule has 10 heteroatoms. The molecule has 10 nitrogen and oxygen atoms in total. The summed E-state index contributed by atoms with van der Waals surface area (Å²) >= 11 is 0. The number of unbranched alkanes of at least 4 members (excludes halogenated alkanes) is 1. The molecule has 2 aromatic rings. The fraction of sp³-hybridized carbons (Fsp3) is 0.423. The normalized spacial score (nSPS) is 13.1. The maximum Gasteiger partial charge on any atom is 0.354 e. The molecule has 194 valence electrons. The average Bonchev–Trinajstić information content (AvgIpc) is 2.85. The second-order valence-corrected chi connectivity index (χ2v) is 8.66. The van der Waals surface area contributed by atoms with E-state index >= 15 is 0 Å². The van der Waals surface area contributed by atoms with E-state index in [1.54, 1.807) is 0 Å². The van der Waals surface area contributed by atoms with Crippen LogP contribution in [-0.4, -0.2) is 42.1 Å². The second-order valence-electron chi connectivity index (χ2n) is 8.66. The Hall–Kier alpha value is -3.95. The van der Waals surface area contributed by atoms with E-state index in [4.69, 9.17) is 16.2 Å². The van der Waals surface area contributed by atoms with Gasteiger partial charge in [-0.05, 0) is 36.8 Å². The van der Waals surface area contributed by atoms with E-state index in [0.717, 1.165) is 31.9 Å². The summed E-state index contributed by atoms with van der Waals surface area (Å²) in [6, 6.07) is 19.7. The molecule has 1 unspecified atom stereocenters. The van der Waals surface area contributed by atoms with Crippen LogP contribution in [0.1, 0.15) is 43.2 Å². The molecule has 5 N–H and O–H groups in total. The quantitative estimate of drug-likeness (QED) is 0.0850. The van der Waals surface area contributed by atoms with E-state index < -0.39 is 40.9 Å². The van der Waals surface area contributed by atoms with Gasteiger partial charge in [0.15, 0.2) is 5.96 Å². The van der Waals surface area contributed by atoms with E-state index in [0.29, 0.717) is 12.8 Å². The molecule has 0 saturated heterocycles. The van der Waals surface area contributed by atoms with Crippen LogP contribution in [0.2, 0.25) is 0 Å². The zero-order valence-electron chi connectivity index (χ0n) is 20.6. The first-order chi connectivity index (χ1) is 17.3. The van der Waals surface area contributed by atoms with Gasteiger partial charge in [0.25, 0.3) is 0 Å². The number of carbonyl (C=O) groups is 2. The molecule has 0 aliphatic carbocycles. The summed E-state index contributed by atoms with van der Waals surface area (Å²) in [6.45, 7) is -0.415. The number of rotatable bonds is 15. The highest BCUT2D eigenvalue weighted by Gasteiger charge is 2.42. The highest BCUT2D eigenvalue weighted by Crippen LogP contribution is 2.22. The SMILES string of the molecule is COC(=O)[C@@](CCC[N+](=O)[O-])(N=C(N)N)NC(=O)C(CCCCc1ccccc1)Cc1ccccc1. The Labute approximate surface area is 211 Å². The maximum absolute atomic E-state index is 13.5. The average molecular weight is 498 g/mol. The lowest BCUT2D eigenvalue weighted by molar-refractivity contribution is -0.480. The highest BCUT2D eigenvalue weighted by molar-refractivity contribution is 5.91. The van der Waals surface area contributed by atoms with E-state index in [-0.39, 0.29) is 12.8 Å². The van der Waals surface area contributed by atoms with Crippen molar-refractivity contribution in [3.05, 3.63) is 81.9 Å². The zero-order valence-corrected chi connectivity index (χ0v) is 20.6. The van der Waals surface area contributed by atoms with Crippen LogP contribution in [0.5, 0.6) is 0 Å². The number of carbonyl (C=O) groups excluding carboxylic acids is 2. The van der Waals surface area contributed by atoms with Crippen molar-refractivity contribution >= 4 is 17.8 Å². The smallest absolute Gasteiger partial charge is 0.354 e. The Balaban J connectivity index is 2.21. The number of nitrogens with zero attached hydrogens (tertiary/aromatic N) is 2. The van der Waals surface area contributed by atoms with E-state index in [2.05, 4.69) is 22.4 Å². The van der Waals surface area contributed by atoms with Gasteiger partial charge in [0, 0.05) is 23.7 Å². The molecular formula is C26H35N5O5. The van der Waals surface area contributed by atoms with Crippen molar-refractivity contribution in [2.45, 2.75) is 50.6 Å². The Morgan fingerprint density at radius 1 is 1.03 bits per heavy atom. The summed E-state index contributed by atoms with van der Waals surface area (Å²) in [7, 11) is 1.14. The van der Waals surface area contributed by atoms with Crippen LogP contribution in [0, 0.1) is 16.0 Å². The van der Waals surface area contributed by atoms with Crippen molar-refractivity contribution in [3.63, 3.8) is 0 Å². The third kappa shape index (κ3) is 9.36. The standard InChI is InChI=1S/C26H35N5O5/c1-36-24(33)26(30-25(27)28,17-10-18-31(34)35)29-23(32)22(19-21-14-6-3-7-15-21)16-9-8-13-20-11-4-2-5-12-20/h2-7,11-12,14-15,22H,8-10,13,16-19H2,1H3,(H,29,32)(H4,27,28,30)/t22?,26-/m1/s1. The first-order valence-corrected chi connectivity index (χ1v) is 12.0. The van der Waals surface area contributed by atoms with Crippen LogP contribution in [0.3, 0.4) is 0 Å². The summed E-state index contributed by atoms with van der Waals surface area (Å²) in [5.74, 6) is -2.23. The van der Waals surface area contributed by atoms with Gasteiger partial charge < -0.3 is 21.5 Å². The Morgan fingerprint density at radius 2 is 1.64 bits per heavy atom. The molecule has 1 amide bonds. The van der Waals surface area contributed by atoms with Gasteiger partial charge in [-0.25, -0.2) is 9.79 Å². The lowest BCUT2D eigenvalue weighted by atomic mass is 9.91. The molecule has 0 heterocycles. The van der Waals surface area contributed by atoms with Crippen molar-refractivity contribution in [3.8, 4) is 0 Å². The van der Waals surface area contributed by atoms with E-state index in [9.17, 15) is 19.7 Å². The summed E-state index contributed by atoms with van der Waals surface area (Å²) in [5.41, 5.74) is 11.4. The maximum atomic E-state index is 13.5. The van der Waals surface area contributed by atoms with Gasteiger partial charge >= 0.3 is 5.97 Å². The third-order valence-corrected chi connectivity index (χ3v) is 5.86. The molecular weight excluding hydrogens is 462 g/mol. The molecule has 0 radical (unpaired) electrons. The summed E-state index contributed by atoms with van der Waals surface area (Å²) in [5, 5.41) is 13.5. The molecule has 0 aromatic heterocycles. The number of benzene rings is 2. The van der Waals surface area contributed by atoms with Crippen molar-refractivity contribution in [1.82, 2.24) is 5.32 Å². The molecule has 0 saturated carbocycles. The van der Waals surface area contributed by atoms with Crippen LogP contribution in [0.15, 0.2) is 65.7 Å². The van der Waals surface area contributed by atoms with E-state index in [1.807, 2.05) is 48.5 Å². The van der Waals surface area contributed by atoms with Crippen molar-refractivity contribution < 1.29 is 19.2 Å². The van der Waals surface area contributed by atoms with Gasteiger partial charge in [-0.15, -0.1) is 0 Å². The van der Waals surface area contributed by atoms with Gasteiger partial charge in [-0.3, -0.25) is 14.9 Å². The number of esters is 1. The Kier molecular flexibility index (Phi) is 11.4. The molecule has 2 rings (SSSR count). The summed E-state index contributed by atoms with van der Waals surface area (Å²) in [4.78, 5) is 40.6. The first-order valence-electron chi connectivity index (χ1n) is 12.0. The van der Waals surface area contributed by atoms with Gasteiger partial charge in [0.05, 0.1) is 7.11 Å². The number of nitro groups is 1. The fourth-order valence-corrected chi connectivity index (χ4v) is 4.09. The number of methoxy groups -OCH3 is 1. The van der Waals surface area contributed by atoms with Crippen LogP contribution in [-0.2, 0) is 27.2 Å². The number of aryl methyl sites for hydroxylation is 1. The second kappa shape index (κ2) is 14.4. The van der Waals surface area contributed by atoms with Gasteiger partial charge in [0.2, 0.25) is 18.1 Å². The molecule has 2 aromatic carbocycles. The molecule has 0 aliphatic heterocycles. The molecule has 0 bridgehead atoms. The Bertz CT molecular complexity index is 1010. The monoisotopic (exact) mass is 497 g/mol. The minimum absolute atomic E-state index is 0.0421. The minimum atomic E-state index is -1.94. The first kappa shape index (κ1) is 28.3. The van der Waals surface area contributed by atoms with Gasteiger partial charge in [-0.1, -0.05) is 67.1 Å². The minimum Gasteiger partial charge on any atom is -0.466 e. The molecule has 0 aliphatic rings. The number of guanidine groups is 1. The fourth-order valence-electron chi connectivity index (χ4n) is 4.09. The topological polar surface area (TPSA) is 163 Å². The van der Waals surface area contributed by atoms with Crippen LogP contribution < -0.4 is 16.8 Å². The highest BCUT2D eigenvalue weighted by atomic mass is 16.6. The van der Waals surface area contributed by atoms with Gasteiger partial charge in [0.1, 0.15) is 0 Å².